The standard InChI is InChI=1S/C17H23ClFN3O2/c1-11(2)9-15(20)17(24)22-7-5-21(6-8-22)16(23)13-4-3-12(19)10-14(13)18/h3-4,10-11,15H,5-9,20H2,1-2H3/t15-/m0/s1. The van der Waals surface area contributed by atoms with Gasteiger partial charge in [0.05, 0.1) is 16.6 Å². The van der Waals surface area contributed by atoms with E-state index in [0.717, 1.165) is 6.07 Å². The Morgan fingerprint density at radius 3 is 2.33 bits per heavy atom. The van der Waals surface area contributed by atoms with Gasteiger partial charge in [0, 0.05) is 26.2 Å². The van der Waals surface area contributed by atoms with Gasteiger partial charge in [0.2, 0.25) is 5.91 Å². The van der Waals surface area contributed by atoms with E-state index in [1.807, 2.05) is 13.8 Å². The van der Waals surface area contributed by atoms with Crippen LogP contribution in [0.5, 0.6) is 0 Å². The van der Waals surface area contributed by atoms with Crippen molar-refractivity contribution in [3.8, 4) is 0 Å². The van der Waals surface area contributed by atoms with Crippen LogP contribution in [-0.4, -0.2) is 53.8 Å². The number of nitrogens with two attached hydrogens (primary N) is 1. The quantitative estimate of drug-likeness (QED) is 0.899. The summed E-state index contributed by atoms with van der Waals surface area (Å²) in [7, 11) is 0. The average molecular weight is 356 g/mol. The summed E-state index contributed by atoms with van der Waals surface area (Å²) in [5.41, 5.74) is 6.22. The van der Waals surface area contributed by atoms with Crippen molar-refractivity contribution >= 4 is 23.4 Å². The molecule has 1 aliphatic heterocycles. The lowest BCUT2D eigenvalue weighted by atomic mass is 10.0. The molecule has 2 rings (SSSR count). The monoisotopic (exact) mass is 355 g/mol. The molecule has 0 unspecified atom stereocenters. The molecule has 0 saturated carbocycles. The second-order valence-electron chi connectivity index (χ2n) is 6.48. The fourth-order valence-electron chi connectivity index (χ4n) is 2.81. The van der Waals surface area contributed by atoms with E-state index in [9.17, 15) is 14.0 Å². The summed E-state index contributed by atoms with van der Waals surface area (Å²) in [6, 6.07) is 3.22. The summed E-state index contributed by atoms with van der Waals surface area (Å²) in [4.78, 5) is 28.1. The van der Waals surface area contributed by atoms with Crippen molar-refractivity contribution in [1.82, 2.24) is 9.80 Å². The van der Waals surface area contributed by atoms with Crippen molar-refractivity contribution in [2.24, 2.45) is 11.7 Å². The predicted molar refractivity (Wildman–Crippen MR) is 91.3 cm³/mol. The summed E-state index contributed by atoms with van der Waals surface area (Å²) in [5, 5.41) is 0.0949. The third kappa shape index (κ3) is 4.45. The van der Waals surface area contributed by atoms with Crippen molar-refractivity contribution in [3.05, 3.63) is 34.6 Å². The summed E-state index contributed by atoms with van der Waals surface area (Å²) in [5.74, 6) is -0.451. The Kier molecular flexibility index (Phi) is 6.18. The van der Waals surface area contributed by atoms with E-state index in [-0.39, 0.29) is 22.4 Å². The second-order valence-corrected chi connectivity index (χ2v) is 6.88. The highest BCUT2D eigenvalue weighted by Gasteiger charge is 2.28. The lowest BCUT2D eigenvalue weighted by molar-refractivity contribution is -0.134. The van der Waals surface area contributed by atoms with E-state index in [4.69, 9.17) is 17.3 Å². The number of hydrogen-bond acceptors (Lipinski definition) is 3. The maximum Gasteiger partial charge on any atom is 0.255 e. The molecule has 0 spiro atoms. The summed E-state index contributed by atoms with van der Waals surface area (Å²) >= 11 is 5.94. The average Bonchev–Trinajstić information content (AvgIpc) is 2.53. The first kappa shape index (κ1) is 18.7. The molecule has 1 saturated heterocycles. The maximum absolute atomic E-state index is 13.1. The van der Waals surface area contributed by atoms with Gasteiger partial charge in [-0.1, -0.05) is 25.4 Å². The van der Waals surface area contributed by atoms with E-state index < -0.39 is 11.9 Å². The number of halogens is 2. The largest absolute Gasteiger partial charge is 0.338 e. The van der Waals surface area contributed by atoms with Crippen LogP contribution in [0.4, 0.5) is 4.39 Å². The van der Waals surface area contributed by atoms with Crippen LogP contribution in [-0.2, 0) is 4.79 Å². The number of piperazine rings is 1. The van der Waals surface area contributed by atoms with Crippen LogP contribution in [0, 0.1) is 11.7 Å². The molecule has 2 N–H and O–H groups in total. The molecule has 1 aromatic carbocycles. The molecule has 0 bridgehead atoms. The molecule has 5 nitrogen and oxygen atoms in total. The molecule has 0 aliphatic carbocycles. The molecule has 1 heterocycles. The van der Waals surface area contributed by atoms with Crippen LogP contribution >= 0.6 is 11.6 Å². The first-order valence-electron chi connectivity index (χ1n) is 8.08. The van der Waals surface area contributed by atoms with E-state index in [2.05, 4.69) is 0 Å². The Balaban J connectivity index is 1.94. The van der Waals surface area contributed by atoms with Gasteiger partial charge in [0.25, 0.3) is 5.91 Å². The van der Waals surface area contributed by atoms with Gasteiger partial charge in [-0.2, -0.15) is 0 Å². The number of rotatable bonds is 4. The SMILES string of the molecule is CC(C)C[C@H](N)C(=O)N1CCN(C(=O)c2ccc(F)cc2Cl)CC1. The Hall–Kier alpha value is -1.66. The maximum atomic E-state index is 13.1. The van der Waals surface area contributed by atoms with Gasteiger partial charge in [-0.25, -0.2) is 4.39 Å². The van der Waals surface area contributed by atoms with E-state index in [1.54, 1.807) is 9.80 Å². The molecule has 2 amide bonds. The Morgan fingerprint density at radius 2 is 1.79 bits per heavy atom. The Bertz CT molecular complexity index is 616. The van der Waals surface area contributed by atoms with Crippen LogP contribution in [0.25, 0.3) is 0 Å². The van der Waals surface area contributed by atoms with Crippen LogP contribution in [0.2, 0.25) is 5.02 Å². The lowest BCUT2D eigenvalue weighted by Gasteiger charge is -2.36. The van der Waals surface area contributed by atoms with Crippen molar-refractivity contribution < 1.29 is 14.0 Å². The molecule has 132 valence electrons. The number of nitrogens with zero attached hydrogens (tertiary/aromatic N) is 2. The number of amides is 2. The lowest BCUT2D eigenvalue weighted by Crippen LogP contribution is -2.54. The molecule has 0 aromatic heterocycles. The Morgan fingerprint density at radius 1 is 1.21 bits per heavy atom. The van der Waals surface area contributed by atoms with Crippen LogP contribution in [0.1, 0.15) is 30.6 Å². The fraction of sp³-hybridized carbons (Fsp3) is 0.529. The highest BCUT2D eigenvalue weighted by Crippen LogP contribution is 2.20. The van der Waals surface area contributed by atoms with Gasteiger partial charge in [-0.15, -0.1) is 0 Å². The van der Waals surface area contributed by atoms with Gasteiger partial charge in [0.15, 0.2) is 0 Å². The number of carbonyl (C=O) groups excluding carboxylic acids is 2. The van der Waals surface area contributed by atoms with Gasteiger partial charge >= 0.3 is 0 Å². The molecule has 7 heteroatoms. The van der Waals surface area contributed by atoms with Crippen molar-refractivity contribution in [2.45, 2.75) is 26.3 Å². The molecular weight excluding hydrogens is 333 g/mol. The van der Waals surface area contributed by atoms with E-state index >= 15 is 0 Å². The van der Waals surface area contributed by atoms with Crippen molar-refractivity contribution in [2.75, 3.05) is 26.2 Å². The molecule has 1 aromatic rings. The third-order valence-electron chi connectivity index (χ3n) is 4.08. The summed E-state index contributed by atoms with van der Waals surface area (Å²) in [6.07, 6.45) is 0.642. The highest BCUT2D eigenvalue weighted by atomic mass is 35.5. The number of hydrogen-bond donors (Lipinski definition) is 1. The summed E-state index contributed by atoms with van der Waals surface area (Å²) < 4.78 is 13.1. The minimum absolute atomic E-state index is 0.0735. The predicted octanol–water partition coefficient (Wildman–Crippen LogP) is 2.14. The van der Waals surface area contributed by atoms with Crippen LogP contribution in [0.15, 0.2) is 18.2 Å². The molecule has 24 heavy (non-hydrogen) atoms. The van der Waals surface area contributed by atoms with Crippen LogP contribution in [0.3, 0.4) is 0 Å². The molecule has 1 aliphatic rings. The number of carbonyl (C=O) groups is 2. The zero-order valence-electron chi connectivity index (χ0n) is 14.0. The third-order valence-corrected chi connectivity index (χ3v) is 4.40. The minimum atomic E-state index is -0.501. The Labute approximate surface area is 146 Å². The van der Waals surface area contributed by atoms with Gasteiger partial charge in [-0.05, 0) is 30.5 Å². The summed E-state index contributed by atoms with van der Waals surface area (Å²) in [6.45, 7) is 5.75. The minimum Gasteiger partial charge on any atom is -0.338 e. The van der Waals surface area contributed by atoms with Crippen molar-refractivity contribution in [1.29, 1.82) is 0 Å². The molecular formula is C17H23ClFN3O2. The number of benzene rings is 1. The van der Waals surface area contributed by atoms with Gasteiger partial charge < -0.3 is 15.5 Å². The van der Waals surface area contributed by atoms with Crippen molar-refractivity contribution in [3.63, 3.8) is 0 Å². The van der Waals surface area contributed by atoms with Crippen LogP contribution < -0.4 is 5.73 Å². The smallest absolute Gasteiger partial charge is 0.255 e. The van der Waals surface area contributed by atoms with E-state index in [1.165, 1.54) is 12.1 Å². The van der Waals surface area contributed by atoms with E-state index in [0.29, 0.717) is 38.5 Å². The van der Waals surface area contributed by atoms with Gasteiger partial charge in [0.1, 0.15) is 5.82 Å². The first-order valence-corrected chi connectivity index (χ1v) is 8.46. The normalized spacial score (nSPS) is 16.4. The highest BCUT2D eigenvalue weighted by molar-refractivity contribution is 6.33. The molecule has 0 radical (unpaired) electrons. The zero-order chi connectivity index (χ0) is 17.9. The van der Waals surface area contributed by atoms with Gasteiger partial charge in [-0.3, -0.25) is 9.59 Å². The molecule has 1 fully saturated rings. The second kappa shape index (κ2) is 7.94. The first-order chi connectivity index (χ1) is 11.3. The zero-order valence-corrected chi connectivity index (χ0v) is 14.7. The topological polar surface area (TPSA) is 66.6 Å². The fourth-order valence-corrected chi connectivity index (χ4v) is 3.05. The molecule has 1 atom stereocenters.